The van der Waals surface area contributed by atoms with Crippen LogP contribution in [0.25, 0.3) is 10.9 Å². The molecule has 0 unspecified atom stereocenters. The maximum atomic E-state index is 11.9. The summed E-state index contributed by atoms with van der Waals surface area (Å²) in [5.41, 5.74) is 5.64. The number of ether oxygens (including phenoxy) is 1. The Labute approximate surface area is 119 Å². The van der Waals surface area contributed by atoms with Crippen LogP contribution in [0.2, 0.25) is 5.02 Å². The van der Waals surface area contributed by atoms with Gasteiger partial charge in [-0.3, -0.25) is 4.79 Å². The molecular weight excluding hydrogens is 282 g/mol. The van der Waals surface area contributed by atoms with Crippen molar-refractivity contribution in [1.29, 1.82) is 0 Å². The number of amides is 2. The molecule has 2 aromatic rings. The largest absolute Gasteiger partial charge is 0.448 e. The minimum absolute atomic E-state index is 0.00237. The van der Waals surface area contributed by atoms with Crippen molar-refractivity contribution in [3.05, 3.63) is 41.0 Å². The van der Waals surface area contributed by atoms with Gasteiger partial charge in [-0.25, -0.2) is 9.78 Å². The van der Waals surface area contributed by atoms with E-state index in [1.54, 1.807) is 6.07 Å². The highest BCUT2D eigenvalue weighted by Gasteiger charge is 2.10. The van der Waals surface area contributed by atoms with Crippen LogP contribution >= 0.6 is 11.6 Å². The first-order chi connectivity index (χ1) is 9.58. The van der Waals surface area contributed by atoms with Gasteiger partial charge >= 0.3 is 6.09 Å². The Bertz CT molecular complexity index is 660. The average Bonchev–Trinajstić information content (AvgIpc) is 2.43. The number of halogens is 1. The predicted molar refractivity (Wildman–Crippen MR) is 74.6 cm³/mol. The highest BCUT2D eigenvalue weighted by atomic mass is 35.5. The van der Waals surface area contributed by atoms with Crippen molar-refractivity contribution in [2.75, 3.05) is 13.2 Å². The van der Waals surface area contributed by atoms with E-state index < -0.39 is 12.0 Å². The lowest BCUT2D eigenvalue weighted by Crippen LogP contribution is -2.29. The van der Waals surface area contributed by atoms with Gasteiger partial charge in [-0.05, 0) is 12.1 Å². The SMILES string of the molecule is NC(=O)OCCNC(=O)c1cc(Cl)c2ccccc2n1. The van der Waals surface area contributed by atoms with Gasteiger partial charge in [0.2, 0.25) is 0 Å². The minimum atomic E-state index is -0.883. The number of hydrogen-bond donors (Lipinski definition) is 2. The Kier molecular flexibility index (Phi) is 4.37. The molecule has 0 aliphatic rings. The number of para-hydroxylation sites is 1. The van der Waals surface area contributed by atoms with E-state index in [0.717, 1.165) is 5.39 Å². The van der Waals surface area contributed by atoms with Gasteiger partial charge in [0.25, 0.3) is 5.91 Å². The summed E-state index contributed by atoms with van der Waals surface area (Å²) in [6.45, 7) is 0.149. The van der Waals surface area contributed by atoms with Crippen LogP contribution in [0.15, 0.2) is 30.3 Å². The van der Waals surface area contributed by atoms with E-state index in [9.17, 15) is 9.59 Å². The molecule has 6 nitrogen and oxygen atoms in total. The number of carbonyl (C=O) groups excluding carboxylic acids is 2. The second-order valence-corrected chi connectivity index (χ2v) is 4.34. The highest BCUT2D eigenvalue weighted by Crippen LogP contribution is 2.22. The van der Waals surface area contributed by atoms with Gasteiger partial charge in [0.1, 0.15) is 12.3 Å². The van der Waals surface area contributed by atoms with Crippen molar-refractivity contribution in [2.24, 2.45) is 5.73 Å². The normalized spacial score (nSPS) is 10.2. The first-order valence-electron chi connectivity index (χ1n) is 5.83. The zero-order valence-corrected chi connectivity index (χ0v) is 11.2. The molecule has 1 heterocycles. The van der Waals surface area contributed by atoms with Crippen molar-refractivity contribution in [1.82, 2.24) is 10.3 Å². The summed E-state index contributed by atoms with van der Waals surface area (Å²) in [5.74, 6) is -0.397. The lowest BCUT2D eigenvalue weighted by molar-refractivity contribution is 0.0932. The molecule has 7 heteroatoms. The van der Waals surface area contributed by atoms with Crippen molar-refractivity contribution >= 4 is 34.5 Å². The number of nitrogens with one attached hydrogen (secondary N) is 1. The number of rotatable bonds is 4. The molecule has 0 atom stereocenters. The number of fused-ring (bicyclic) bond motifs is 1. The Balaban J connectivity index is 2.08. The Hall–Kier alpha value is -2.34. The zero-order chi connectivity index (χ0) is 14.5. The molecule has 2 rings (SSSR count). The van der Waals surface area contributed by atoms with Gasteiger partial charge in [-0.15, -0.1) is 0 Å². The van der Waals surface area contributed by atoms with Gasteiger partial charge in [-0.2, -0.15) is 0 Å². The van der Waals surface area contributed by atoms with E-state index >= 15 is 0 Å². The number of hydrogen-bond acceptors (Lipinski definition) is 4. The second-order valence-electron chi connectivity index (χ2n) is 3.93. The summed E-state index contributed by atoms with van der Waals surface area (Å²) in [5, 5.41) is 3.79. The summed E-state index contributed by atoms with van der Waals surface area (Å²) in [6, 6.07) is 8.75. The molecule has 0 fully saturated rings. The van der Waals surface area contributed by atoms with Gasteiger partial charge in [-0.1, -0.05) is 29.8 Å². The van der Waals surface area contributed by atoms with E-state index in [-0.39, 0.29) is 18.8 Å². The van der Waals surface area contributed by atoms with Crippen molar-refractivity contribution < 1.29 is 14.3 Å². The van der Waals surface area contributed by atoms with Gasteiger partial charge < -0.3 is 15.8 Å². The monoisotopic (exact) mass is 293 g/mol. The molecule has 0 aliphatic heterocycles. The molecule has 0 spiro atoms. The third-order valence-corrected chi connectivity index (χ3v) is 2.84. The molecule has 0 bridgehead atoms. The van der Waals surface area contributed by atoms with Crippen LogP contribution in [-0.4, -0.2) is 30.1 Å². The summed E-state index contributed by atoms with van der Waals surface area (Å²) < 4.78 is 4.50. The molecule has 3 N–H and O–H groups in total. The fraction of sp³-hybridized carbons (Fsp3) is 0.154. The standard InChI is InChI=1S/C13H12ClN3O3/c14-9-7-11(12(18)16-5-6-20-13(15)19)17-10-4-2-1-3-8(9)10/h1-4,7H,5-6H2,(H2,15,19)(H,16,18). The molecule has 1 aromatic carbocycles. The maximum Gasteiger partial charge on any atom is 0.404 e. The Morgan fingerprint density at radius 2 is 2.10 bits per heavy atom. The molecule has 0 saturated heterocycles. The third kappa shape index (κ3) is 3.36. The van der Waals surface area contributed by atoms with Crippen molar-refractivity contribution in [3.8, 4) is 0 Å². The fourth-order valence-corrected chi connectivity index (χ4v) is 1.92. The molecule has 2 amide bonds. The number of carbonyl (C=O) groups is 2. The zero-order valence-electron chi connectivity index (χ0n) is 10.4. The van der Waals surface area contributed by atoms with Crippen LogP contribution in [-0.2, 0) is 4.74 Å². The summed E-state index contributed by atoms with van der Waals surface area (Å²) >= 11 is 6.10. The van der Waals surface area contributed by atoms with E-state index in [2.05, 4.69) is 15.0 Å². The maximum absolute atomic E-state index is 11.9. The number of primary amides is 1. The molecule has 104 valence electrons. The van der Waals surface area contributed by atoms with Crippen LogP contribution in [0.5, 0.6) is 0 Å². The van der Waals surface area contributed by atoms with Crippen LogP contribution in [0.4, 0.5) is 4.79 Å². The molecular formula is C13H12ClN3O3. The number of nitrogens with zero attached hydrogens (tertiary/aromatic N) is 1. The predicted octanol–water partition coefficient (Wildman–Crippen LogP) is 1.71. The molecule has 20 heavy (non-hydrogen) atoms. The molecule has 1 aromatic heterocycles. The van der Waals surface area contributed by atoms with Gasteiger partial charge in [0, 0.05) is 5.39 Å². The Morgan fingerprint density at radius 3 is 2.85 bits per heavy atom. The van der Waals surface area contributed by atoms with E-state index in [1.807, 2.05) is 18.2 Å². The smallest absolute Gasteiger partial charge is 0.404 e. The molecule has 0 aliphatic carbocycles. The number of benzene rings is 1. The average molecular weight is 294 g/mol. The lowest BCUT2D eigenvalue weighted by Gasteiger charge is -2.07. The summed E-state index contributed by atoms with van der Waals surface area (Å²) in [7, 11) is 0. The third-order valence-electron chi connectivity index (χ3n) is 2.53. The number of nitrogens with two attached hydrogens (primary N) is 1. The number of pyridine rings is 1. The Morgan fingerprint density at radius 1 is 1.35 bits per heavy atom. The first kappa shape index (κ1) is 14.1. The summed E-state index contributed by atoms with van der Waals surface area (Å²) in [4.78, 5) is 26.5. The molecule has 0 radical (unpaired) electrons. The van der Waals surface area contributed by atoms with Crippen LogP contribution < -0.4 is 11.1 Å². The van der Waals surface area contributed by atoms with Crippen LogP contribution in [0.3, 0.4) is 0 Å². The quantitative estimate of drug-likeness (QED) is 0.839. The van der Waals surface area contributed by atoms with Crippen molar-refractivity contribution in [3.63, 3.8) is 0 Å². The second kappa shape index (κ2) is 6.21. The van der Waals surface area contributed by atoms with Crippen molar-refractivity contribution in [2.45, 2.75) is 0 Å². The molecule has 0 saturated carbocycles. The van der Waals surface area contributed by atoms with Gasteiger partial charge in [0.05, 0.1) is 17.1 Å². The van der Waals surface area contributed by atoms with Gasteiger partial charge in [0.15, 0.2) is 0 Å². The summed E-state index contributed by atoms with van der Waals surface area (Å²) in [6.07, 6.45) is -0.883. The van der Waals surface area contributed by atoms with Crippen LogP contribution in [0, 0.1) is 0 Å². The first-order valence-corrected chi connectivity index (χ1v) is 6.21. The number of aromatic nitrogens is 1. The topological polar surface area (TPSA) is 94.3 Å². The van der Waals surface area contributed by atoms with E-state index in [0.29, 0.717) is 10.5 Å². The highest BCUT2D eigenvalue weighted by molar-refractivity contribution is 6.35. The lowest BCUT2D eigenvalue weighted by atomic mass is 10.2. The van der Waals surface area contributed by atoms with Crippen LogP contribution in [0.1, 0.15) is 10.5 Å². The van der Waals surface area contributed by atoms with E-state index in [4.69, 9.17) is 17.3 Å². The van der Waals surface area contributed by atoms with E-state index in [1.165, 1.54) is 6.07 Å². The minimum Gasteiger partial charge on any atom is -0.448 e. The fourth-order valence-electron chi connectivity index (χ4n) is 1.66.